The fourth-order valence-electron chi connectivity index (χ4n) is 3.21. The first-order valence-corrected chi connectivity index (χ1v) is 10.5. The third-order valence-electron chi connectivity index (χ3n) is 4.86. The number of aliphatic imine (C=N–C) groups is 1. The first-order chi connectivity index (χ1) is 16.6. The molecule has 5 rings (SSSR count). The van der Waals surface area contributed by atoms with Gasteiger partial charge in [-0.2, -0.15) is 4.98 Å². The second kappa shape index (κ2) is 9.32. The average molecular weight is 482 g/mol. The number of hydrogen-bond acceptors (Lipinski definition) is 9. The Kier molecular flexibility index (Phi) is 5.91. The van der Waals surface area contributed by atoms with Gasteiger partial charge >= 0.3 is 0 Å². The second-order valence-electron chi connectivity index (χ2n) is 7.05. The van der Waals surface area contributed by atoms with Crippen LogP contribution in [-0.4, -0.2) is 44.9 Å². The Morgan fingerprint density at radius 2 is 2.09 bits per heavy atom. The number of aromatic nitrogens is 5. The van der Waals surface area contributed by atoms with Crippen LogP contribution in [0, 0.1) is 5.82 Å². The molecule has 0 unspecified atom stereocenters. The Hall–Kier alpha value is -4.25. The zero-order chi connectivity index (χ0) is 23.5. The van der Waals surface area contributed by atoms with E-state index in [2.05, 4.69) is 30.6 Å². The van der Waals surface area contributed by atoms with Crippen LogP contribution in [0.1, 0.15) is 5.56 Å². The van der Waals surface area contributed by atoms with E-state index in [1.807, 2.05) is 0 Å². The molecule has 0 amide bonds. The van der Waals surface area contributed by atoms with E-state index in [0.29, 0.717) is 53.2 Å². The maximum atomic E-state index is 13.5. The van der Waals surface area contributed by atoms with Gasteiger partial charge in [-0.25, -0.2) is 19.0 Å². The van der Waals surface area contributed by atoms with Crippen molar-refractivity contribution < 1.29 is 18.6 Å². The number of fused-ring (bicyclic) bond motifs is 2. The molecule has 0 bridgehead atoms. The molecule has 172 valence electrons. The van der Waals surface area contributed by atoms with E-state index >= 15 is 0 Å². The van der Waals surface area contributed by atoms with E-state index in [1.54, 1.807) is 48.6 Å². The van der Waals surface area contributed by atoms with Crippen molar-refractivity contribution in [1.29, 1.82) is 0 Å². The van der Waals surface area contributed by atoms with Crippen LogP contribution in [0.5, 0.6) is 23.1 Å². The quantitative estimate of drug-likeness (QED) is 0.360. The maximum absolute atomic E-state index is 13.5. The Labute approximate surface area is 198 Å². The van der Waals surface area contributed by atoms with Crippen LogP contribution in [0.3, 0.4) is 0 Å². The highest BCUT2D eigenvalue weighted by molar-refractivity contribution is 6.31. The van der Waals surface area contributed by atoms with Crippen LogP contribution in [0.4, 0.5) is 21.6 Å². The molecule has 2 aromatic carbocycles. The van der Waals surface area contributed by atoms with Crippen molar-refractivity contribution in [3.8, 4) is 23.1 Å². The first kappa shape index (κ1) is 21.6. The van der Waals surface area contributed by atoms with Crippen LogP contribution < -0.4 is 19.5 Å². The van der Waals surface area contributed by atoms with E-state index < -0.39 is 5.82 Å². The fraction of sp³-hybridized carbons (Fsp3) is 0.136. The predicted octanol–water partition coefficient (Wildman–Crippen LogP) is 4.55. The minimum Gasteiger partial charge on any atom is -0.493 e. The highest BCUT2D eigenvalue weighted by atomic mass is 35.5. The Balaban J connectivity index is 1.41. The average Bonchev–Trinajstić information content (AvgIpc) is 3.28. The van der Waals surface area contributed by atoms with Gasteiger partial charge in [0.25, 0.3) is 5.88 Å². The lowest BCUT2D eigenvalue weighted by molar-refractivity contribution is 0.272. The number of halogens is 2. The number of methoxy groups -OCH3 is 1. The maximum Gasteiger partial charge on any atom is 0.250 e. The summed E-state index contributed by atoms with van der Waals surface area (Å²) in [5.41, 5.74) is 1.56. The Bertz CT molecular complexity index is 1370. The van der Waals surface area contributed by atoms with E-state index in [0.717, 1.165) is 0 Å². The zero-order valence-corrected chi connectivity index (χ0v) is 18.5. The Morgan fingerprint density at radius 1 is 1.18 bits per heavy atom. The molecule has 0 saturated heterocycles. The monoisotopic (exact) mass is 481 g/mol. The molecule has 1 N–H and O–H groups in total. The number of hydrogen-bond donors (Lipinski definition) is 1. The summed E-state index contributed by atoms with van der Waals surface area (Å²) in [6.45, 7) is 0.880. The fourth-order valence-corrected chi connectivity index (χ4v) is 3.39. The van der Waals surface area contributed by atoms with Crippen LogP contribution in [0.25, 0.3) is 0 Å². The van der Waals surface area contributed by atoms with E-state index in [9.17, 15) is 4.39 Å². The Morgan fingerprint density at radius 3 is 2.88 bits per heavy atom. The van der Waals surface area contributed by atoms with Gasteiger partial charge in [-0.05, 0) is 24.3 Å². The van der Waals surface area contributed by atoms with E-state index in [-0.39, 0.29) is 10.9 Å². The van der Waals surface area contributed by atoms with Crippen molar-refractivity contribution in [2.24, 2.45) is 4.99 Å². The summed E-state index contributed by atoms with van der Waals surface area (Å²) < 4.78 is 32.6. The lowest BCUT2D eigenvalue weighted by atomic mass is 10.2. The normalized spacial score (nSPS) is 11.7. The molecule has 4 aromatic rings. The number of anilines is 2. The molecule has 3 heterocycles. The number of ether oxygens (including phenoxy) is 3. The van der Waals surface area contributed by atoms with Crippen molar-refractivity contribution in [2.45, 2.75) is 6.54 Å². The standard InChI is InChI=1S/C22H17ClFN7O3/c1-32-18-10-17-13(8-19(18)33-7-6-31-5-4-28-30-31)11-25-20-21(26-12-27-22(20)34-17)29-14-2-3-16(24)15(23)9-14/h2-5,8-12H,6-7H2,1H3,(H,26,27,29). The molecule has 0 atom stereocenters. The topological polar surface area (TPSA) is 109 Å². The molecule has 0 saturated carbocycles. The highest BCUT2D eigenvalue weighted by Gasteiger charge is 2.20. The molecule has 0 radical (unpaired) electrons. The molecule has 0 fully saturated rings. The molecule has 0 spiro atoms. The molecule has 1 aliphatic rings. The summed E-state index contributed by atoms with van der Waals surface area (Å²) >= 11 is 5.89. The minimum absolute atomic E-state index is 0.0132. The molecule has 10 nitrogen and oxygen atoms in total. The summed E-state index contributed by atoms with van der Waals surface area (Å²) in [6, 6.07) is 7.73. The first-order valence-electron chi connectivity index (χ1n) is 10.1. The third kappa shape index (κ3) is 4.46. The molecular formula is C22H17ClFN7O3. The van der Waals surface area contributed by atoms with Gasteiger partial charge in [0.1, 0.15) is 24.5 Å². The summed E-state index contributed by atoms with van der Waals surface area (Å²) in [7, 11) is 1.54. The molecule has 12 heteroatoms. The van der Waals surface area contributed by atoms with Crippen LogP contribution >= 0.6 is 11.6 Å². The van der Waals surface area contributed by atoms with Gasteiger partial charge in [-0.15, -0.1) is 5.10 Å². The molecule has 1 aliphatic heterocycles. The van der Waals surface area contributed by atoms with Crippen LogP contribution in [-0.2, 0) is 6.54 Å². The predicted molar refractivity (Wildman–Crippen MR) is 123 cm³/mol. The van der Waals surface area contributed by atoms with E-state index in [1.165, 1.54) is 18.5 Å². The zero-order valence-electron chi connectivity index (χ0n) is 17.8. The summed E-state index contributed by atoms with van der Waals surface area (Å²) in [5, 5.41) is 10.7. The molecule has 0 aliphatic carbocycles. The summed E-state index contributed by atoms with van der Waals surface area (Å²) in [5.74, 6) is 1.59. The smallest absolute Gasteiger partial charge is 0.250 e. The number of benzene rings is 2. The highest BCUT2D eigenvalue weighted by Crippen LogP contribution is 2.42. The summed E-state index contributed by atoms with van der Waals surface area (Å²) in [6.07, 6.45) is 6.32. The second-order valence-corrected chi connectivity index (χ2v) is 7.45. The SMILES string of the molecule is COc1cc2c(cc1OCCn1ccnn1)C=Nc1c(Nc3ccc(F)c(Cl)c3)ncnc1O2. The van der Waals surface area contributed by atoms with Crippen molar-refractivity contribution in [3.63, 3.8) is 0 Å². The molecular weight excluding hydrogens is 465 g/mol. The van der Waals surface area contributed by atoms with Gasteiger partial charge in [-0.1, -0.05) is 16.8 Å². The van der Waals surface area contributed by atoms with Crippen molar-refractivity contribution >= 4 is 35.0 Å². The molecule has 2 aromatic heterocycles. The lowest BCUT2D eigenvalue weighted by Crippen LogP contribution is -2.09. The van der Waals surface area contributed by atoms with Crippen LogP contribution in [0.2, 0.25) is 5.02 Å². The van der Waals surface area contributed by atoms with Gasteiger partial charge in [-0.3, -0.25) is 0 Å². The van der Waals surface area contributed by atoms with Gasteiger partial charge in [0.2, 0.25) is 0 Å². The largest absolute Gasteiger partial charge is 0.493 e. The van der Waals surface area contributed by atoms with Crippen molar-refractivity contribution in [2.75, 3.05) is 19.0 Å². The lowest BCUT2D eigenvalue weighted by Gasteiger charge is -2.14. The third-order valence-corrected chi connectivity index (χ3v) is 5.15. The van der Waals surface area contributed by atoms with E-state index in [4.69, 9.17) is 25.8 Å². The van der Waals surface area contributed by atoms with Gasteiger partial charge < -0.3 is 19.5 Å². The number of nitrogens with one attached hydrogen (secondary N) is 1. The molecule has 34 heavy (non-hydrogen) atoms. The van der Waals surface area contributed by atoms with Crippen molar-refractivity contribution in [1.82, 2.24) is 25.0 Å². The minimum atomic E-state index is -0.515. The van der Waals surface area contributed by atoms with Crippen molar-refractivity contribution in [3.05, 3.63) is 65.5 Å². The van der Waals surface area contributed by atoms with Gasteiger partial charge in [0.05, 0.1) is 24.9 Å². The van der Waals surface area contributed by atoms with Crippen LogP contribution in [0.15, 0.2) is 54.0 Å². The summed E-state index contributed by atoms with van der Waals surface area (Å²) in [4.78, 5) is 13.0. The van der Waals surface area contributed by atoms with Gasteiger partial charge in [0.15, 0.2) is 23.0 Å². The van der Waals surface area contributed by atoms with Gasteiger partial charge in [0, 0.05) is 29.7 Å². The number of rotatable bonds is 7. The number of nitrogens with zero attached hydrogens (tertiary/aromatic N) is 6.